The van der Waals surface area contributed by atoms with E-state index in [9.17, 15) is 0 Å². The third kappa shape index (κ3) is 3.94. The molecule has 1 aromatic carbocycles. The Labute approximate surface area is 127 Å². The van der Waals surface area contributed by atoms with Gasteiger partial charge < -0.3 is 5.32 Å². The lowest BCUT2D eigenvalue weighted by atomic mass is 10.0. The van der Waals surface area contributed by atoms with Crippen molar-refractivity contribution >= 4 is 0 Å². The van der Waals surface area contributed by atoms with Crippen molar-refractivity contribution in [2.45, 2.75) is 51.6 Å². The number of para-hydroxylation sites is 1. The zero-order chi connectivity index (χ0) is 14.5. The van der Waals surface area contributed by atoms with Crippen LogP contribution in [0, 0.1) is 5.92 Å². The maximum absolute atomic E-state index is 4.46. The molecule has 21 heavy (non-hydrogen) atoms. The lowest BCUT2D eigenvalue weighted by molar-refractivity contribution is 0.447. The highest BCUT2D eigenvalue weighted by atomic mass is 15.3. The number of nitrogens with zero attached hydrogens (tertiary/aromatic N) is 2. The first kappa shape index (κ1) is 14.3. The fourth-order valence-corrected chi connectivity index (χ4v) is 3.13. The van der Waals surface area contributed by atoms with Gasteiger partial charge in [-0.2, -0.15) is 5.10 Å². The largest absolute Gasteiger partial charge is 0.310 e. The number of benzene rings is 1. The van der Waals surface area contributed by atoms with E-state index in [1.54, 1.807) is 0 Å². The van der Waals surface area contributed by atoms with Crippen molar-refractivity contribution in [2.24, 2.45) is 5.92 Å². The van der Waals surface area contributed by atoms with Gasteiger partial charge in [0.1, 0.15) is 0 Å². The van der Waals surface area contributed by atoms with Crippen LogP contribution in [0.15, 0.2) is 42.7 Å². The molecule has 1 aliphatic rings. The van der Waals surface area contributed by atoms with Crippen LogP contribution in [-0.2, 0) is 6.54 Å². The maximum Gasteiger partial charge on any atom is 0.0645 e. The Bertz CT molecular complexity index is 547. The second-order valence-electron chi connectivity index (χ2n) is 6.32. The number of aromatic nitrogens is 2. The molecule has 2 aromatic rings. The van der Waals surface area contributed by atoms with Crippen molar-refractivity contribution in [3.8, 4) is 5.69 Å². The molecule has 0 amide bonds. The Balaban J connectivity index is 1.55. The van der Waals surface area contributed by atoms with Gasteiger partial charge in [0.05, 0.1) is 11.9 Å². The predicted molar refractivity (Wildman–Crippen MR) is 86.4 cm³/mol. The third-order valence-electron chi connectivity index (χ3n) is 4.51. The van der Waals surface area contributed by atoms with Crippen LogP contribution < -0.4 is 5.32 Å². The van der Waals surface area contributed by atoms with E-state index in [1.165, 1.54) is 37.7 Å². The summed E-state index contributed by atoms with van der Waals surface area (Å²) in [6.45, 7) is 3.30. The van der Waals surface area contributed by atoms with E-state index in [0.717, 1.165) is 18.2 Å². The van der Waals surface area contributed by atoms with Crippen LogP contribution in [-0.4, -0.2) is 15.8 Å². The van der Waals surface area contributed by atoms with Crippen LogP contribution in [0.5, 0.6) is 0 Å². The number of rotatable bonds is 4. The van der Waals surface area contributed by atoms with E-state index in [4.69, 9.17) is 0 Å². The van der Waals surface area contributed by atoms with Gasteiger partial charge in [-0.1, -0.05) is 38.0 Å². The lowest BCUT2D eigenvalue weighted by Gasteiger charge is -2.15. The maximum atomic E-state index is 4.46. The normalized spacial score (nSPS) is 22.9. The minimum Gasteiger partial charge on any atom is -0.310 e. The molecule has 1 fully saturated rings. The first-order chi connectivity index (χ1) is 10.3. The van der Waals surface area contributed by atoms with Gasteiger partial charge >= 0.3 is 0 Å². The quantitative estimate of drug-likeness (QED) is 0.862. The van der Waals surface area contributed by atoms with Crippen LogP contribution in [0.3, 0.4) is 0 Å². The Hall–Kier alpha value is -1.61. The molecule has 3 nitrogen and oxygen atoms in total. The first-order valence-electron chi connectivity index (χ1n) is 8.13. The van der Waals surface area contributed by atoms with Crippen molar-refractivity contribution < 1.29 is 0 Å². The van der Waals surface area contributed by atoms with Crippen LogP contribution >= 0.6 is 0 Å². The Kier molecular flexibility index (Phi) is 4.71. The molecular weight excluding hydrogens is 258 g/mol. The van der Waals surface area contributed by atoms with Crippen molar-refractivity contribution in [1.82, 2.24) is 15.1 Å². The van der Waals surface area contributed by atoms with E-state index in [1.807, 2.05) is 29.1 Å². The van der Waals surface area contributed by atoms with Crippen molar-refractivity contribution in [3.05, 3.63) is 48.3 Å². The number of hydrogen-bond acceptors (Lipinski definition) is 2. The molecule has 1 N–H and O–H groups in total. The van der Waals surface area contributed by atoms with Crippen LogP contribution in [0.2, 0.25) is 0 Å². The average molecular weight is 283 g/mol. The Morgan fingerprint density at radius 1 is 1.14 bits per heavy atom. The highest BCUT2D eigenvalue weighted by Gasteiger charge is 2.15. The molecule has 1 aromatic heterocycles. The average Bonchev–Trinajstić information content (AvgIpc) is 2.90. The fourth-order valence-electron chi connectivity index (χ4n) is 3.13. The minimum absolute atomic E-state index is 0.676. The molecule has 0 saturated heterocycles. The van der Waals surface area contributed by atoms with E-state index in [-0.39, 0.29) is 0 Å². The summed E-state index contributed by atoms with van der Waals surface area (Å²) in [4.78, 5) is 0. The zero-order valence-electron chi connectivity index (χ0n) is 12.8. The predicted octanol–water partition coefficient (Wildman–Crippen LogP) is 3.93. The standard InChI is InChI=1S/C18H25N3/c1-15-6-5-7-17(11-10-15)19-12-16-13-20-21(14-16)18-8-3-2-4-9-18/h2-4,8-9,13-15,17,19H,5-7,10-12H2,1H3. The monoisotopic (exact) mass is 283 g/mol. The molecule has 1 heterocycles. The summed E-state index contributed by atoms with van der Waals surface area (Å²) in [6.07, 6.45) is 10.8. The second kappa shape index (κ2) is 6.90. The summed E-state index contributed by atoms with van der Waals surface area (Å²) in [5, 5.41) is 8.17. The van der Waals surface area contributed by atoms with Crippen molar-refractivity contribution in [3.63, 3.8) is 0 Å². The van der Waals surface area contributed by atoms with Gasteiger partial charge in [0.25, 0.3) is 0 Å². The van der Waals surface area contributed by atoms with Crippen molar-refractivity contribution in [2.75, 3.05) is 0 Å². The molecule has 0 bridgehead atoms. The molecule has 3 heteroatoms. The third-order valence-corrected chi connectivity index (χ3v) is 4.51. The lowest BCUT2D eigenvalue weighted by Crippen LogP contribution is -2.27. The van der Waals surface area contributed by atoms with E-state index < -0.39 is 0 Å². The number of hydrogen-bond donors (Lipinski definition) is 1. The molecule has 1 aliphatic carbocycles. The molecule has 3 rings (SSSR count). The van der Waals surface area contributed by atoms with Crippen LogP contribution in [0.1, 0.15) is 44.6 Å². The van der Waals surface area contributed by atoms with Gasteiger partial charge in [-0.05, 0) is 37.3 Å². The second-order valence-corrected chi connectivity index (χ2v) is 6.32. The van der Waals surface area contributed by atoms with E-state index in [0.29, 0.717) is 6.04 Å². The highest BCUT2D eigenvalue weighted by Crippen LogP contribution is 2.22. The zero-order valence-corrected chi connectivity index (χ0v) is 12.8. The van der Waals surface area contributed by atoms with Crippen molar-refractivity contribution in [1.29, 1.82) is 0 Å². The molecule has 0 radical (unpaired) electrons. The van der Waals surface area contributed by atoms with Gasteiger partial charge in [0.15, 0.2) is 0 Å². The van der Waals surface area contributed by atoms with E-state index in [2.05, 4.69) is 35.7 Å². The summed E-state index contributed by atoms with van der Waals surface area (Å²) in [7, 11) is 0. The smallest absolute Gasteiger partial charge is 0.0645 e. The Morgan fingerprint density at radius 3 is 2.86 bits per heavy atom. The summed E-state index contributed by atoms with van der Waals surface area (Å²) in [5.74, 6) is 0.901. The minimum atomic E-state index is 0.676. The molecule has 0 aliphatic heterocycles. The molecule has 1 saturated carbocycles. The summed E-state index contributed by atoms with van der Waals surface area (Å²) < 4.78 is 1.95. The molecule has 112 valence electrons. The van der Waals surface area contributed by atoms with Gasteiger partial charge in [0.2, 0.25) is 0 Å². The van der Waals surface area contributed by atoms with Crippen LogP contribution in [0.4, 0.5) is 0 Å². The molecule has 2 atom stereocenters. The van der Waals surface area contributed by atoms with Gasteiger partial charge in [-0.25, -0.2) is 4.68 Å². The number of nitrogens with one attached hydrogen (secondary N) is 1. The van der Waals surface area contributed by atoms with Gasteiger partial charge in [-0.15, -0.1) is 0 Å². The summed E-state index contributed by atoms with van der Waals surface area (Å²) in [6, 6.07) is 11.0. The first-order valence-corrected chi connectivity index (χ1v) is 8.13. The highest BCUT2D eigenvalue weighted by molar-refractivity contribution is 5.30. The topological polar surface area (TPSA) is 29.9 Å². The summed E-state index contributed by atoms with van der Waals surface area (Å²) >= 11 is 0. The fraction of sp³-hybridized carbons (Fsp3) is 0.500. The van der Waals surface area contributed by atoms with Crippen LogP contribution in [0.25, 0.3) is 5.69 Å². The summed E-state index contributed by atoms with van der Waals surface area (Å²) in [5.41, 5.74) is 2.38. The van der Waals surface area contributed by atoms with E-state index >= 15 is 0 Å². The SMILES string of the molecule is CC1CCCC(NCc2cnn(-c3ccccc3)c2)CC1. The molecule has 2 unspecified atom stereocenters. The molecule has 0 spiro atoms. The Morgan fingerprint density at radius 2 is 2.00 bits per heavy atom. The van der Waals surface area contributed by atoms with Gasteiger partial charge in [-0.3, -0.25) is 0 Å². The van der Waals surface area contributed by atoms with Gasteiger partial charge in [0, 0.05) is 24.3 Å². The molecular formula is C18H25N3.